The van der Waals surface area contributed by atoms with Crippen molar-refractivity contribution in [3.8, 4) is 5.75 Å². The summed E-state index contributed by atoms with van der Waals surface area (Å²) in [6.07, 6.45) is 1.42. The summed E-state index contributed by atoms with van der Waals surface area (Å²) in [5, 5.41) is 4.15. The highest BCUT2D eigenvalue weighted by Crippen LogP contribution is 2.49. The normalized spacial score (nSPS) is 22.2. The molecular formula is C35H41BrF2N2O6S. The summed E-state index contributed by atoms with van der Waals surface area (Å²) >= 11 is 3.25. The van der Waals surface area contributed by atoms with Crippen molar-refractivity contribution in [1.82, 2.24) is 10.0 Å². The van der Waals surface area contributed by atoms with E-state index in [1.54, 1.807) is 45.0 Å². The summed E-state index contributed by atoms with van der Waals surface area (Å²) in [5.41, 5.74) is -1.17. The largest absolute Gasteiger partial charge is 0.491 e. The van der Waals surface area contributed by atoms with Crippen LogP contribution in [0.15, 0.2) is 70.0 Å². The van der Waals surface area contributed by atoms with E-state index in [-0.39, 0.29) is 28.9 Å². The Balaban J connectivity index is 1.44. The lowest BCUT2D eigenvalue weighted by molar-refractivity contribution is -0.139. The number of carbonyl (C=O) groups is 2. The van der Waals surface area contributed by atoms with Gasteiger partial charge in [0, 0.05) is 22.0 Å². The number of Topliss-reactive ketones (excluding diaryl/α,β-unsaturated/α-hetero) is 1. The molecule has 0 spiro atoms. The molecule has 2 bridgehead atoms. The third kappa shape index (κ3) is 8.14. The first-order valence-electron chi connectivity index (χ1n) is 15.8. The molecule has 12 heteroatoms. The third-order valence-corrected chi connectivity index (χ3v) is 10.7. The standard InChI is InChI=1S/C35H41BrF2N2O6S/c1-20(2)45-28-14-8-22-19-29(15-9-21(22)18-28)47(43,44)40-32(35(37,38)25-10-12-26(36)13-11-25)31(41)30-23-6-7-24(30)17-27(16-23)39-33(42)46-34(3,4)5/h8-15,18-20,23-24,27,30,32,40H,6-7,16-17H2,1-5H3,(H,39,42). The van der Waals surface area contributed by atoms with E-state index in [1.165, 1.54) is 36.4 Å². The molecule has 2 aliphatic carbocycles. The first-order valence-corrected chi connectivity index (χ1v) is 18.1. The van der Waals surface area contributed by atoms with Gasteiger partial charge in [0.05, 0.1) is 11.0 Å². The summed E-state index contributed by atoms with van der Waals surface area (Å²) in [6.45, 7) is 9.07. The van der Waals surface area contributed by atoms with Crippen LogP contribution in [0.3, 0.4) is 0 Å². The fraction of sp³-hybridized carbons (Fsp3) is 0.486. The smallest absolute Gasteiger partial charge is 0.407 e. The fourth-order valence-corrected chi connectivity index (χ4v) is 8.37. The fourth-order valence-electron chi connectivity index (χ4n) is 6.86. The Morgan fingerprint density at radius 1 is 0.915 bits per heavy atom. The van der Waals surface area contributed by atoms with Crippen LogP contribution >= 0.6 is 15.9 Å². The van der Waals surface area contributed by atoms with Crippen molar-refractivity contribution < 1.29 is 36.3 Å². The second-order valence-electron chi connectivity index (χ2n) is 13.9. The zero-order valence-electron chi connectivity index (χ0n) is 27.1. The monoisotopic (exact) mass is 734 g/mol. The van der Waals surface area contributed by atoms with Crippen LogP contribution in [-0.4, -0.2) is 44.1 Å². The number of hydrogen-bond acceptors (Lipinski definition) is 6. The Bertz CT molecular complexity index is 1730. The molecule has 1 amide bonds. The molecule has 2 aliphatic rings. The first kappa shape index (κ1) is 35.2. The Labute approximate surface area is 283 Å². The summed E-state index contributed by atoms with van der Waals surface area (Å²) in [6, 6.07) is 12.1. The van der Waals surface area contributed by atoms with Crippen LogP contribution < -0.4 is 14.8 Å². The summed E-state index contributed by atoms with van der Waals surface area (Å²) in [5.74, 6) is -5.48. The van der Waals surface area contributed by atoms with Gasteiger partial charge < -0.3 is 14.8 Å². The molecule has 0 heterocycles. The Hall–Kier alpha value is -3.09. The Morgan fingerprint density at radius 2 is 1.51 bits per heavy atom. The van der Waals surface area contributed by atoms with Gasteiger partial charge in [0.1, 0.15) is 17.4 Å². The maximum Gasteiger partial charge on any atom is 0.407 e. The number of alkyl halides is 2. The van der Waals surface area contributed by atoms with Gasteiger partial charge in [0.25, 0.3) is 5.92 Å². The SMILES string of the molecule is CC(C)Oc1ccc2cc(S(=O)(=O)NC(C(=O)C3C4CCC3CC(NC(=O)OC(C)(C)C)C4)C(F)(F)c3ccc(Br)cc3)ccc2c1. The van der Waals surface area contributed by atoms with Gasteiger partial charge in [-0.1, -0.05) is 40.2 Å². The molecule has 3 atom stereocenters. The minimum Gasteiger partial charge on any atom is -0.491 e. The zero-order chi connectivity index (χ0) is 34.3. The highest BCUT2D eigenvalue weighted by Gasteiger charge is 2.55. The lowest BCUT2D eigenvalue weighted by Gasteiger charge is -2.38. The molecule has 0 aromatic heterocycles. The molecule has 5 rings (SSSR count). The zero-order valence-corrected chi connectivity index (χ0v) is 29.5. The van der Waals surface area contributed by atoms with Gasteiger partial charge in [0.2, 0.25) is 10.0 Å². The maximum absolute atomic E-state index is 16.4. The number of alkyl carbamates (subject to hydrolysis) is 1. The van der Waals surface area contributed by atoms with E-state index in [1.807, 2.05) is 13.8 Å². The van der Waals surface area contributed by atoms with E-state index in [2.05, 4.69) is 26.0 Å². The van der Waals surface area contributed by atoms with Crippen molar-refractivity contribution in [2.45, 2.75) is 94.9 Å². The Kier molecular flexibility index (Phi) is 10.1. The number of sulfonamides is 1. The van der Waals surface area contributed by atoms with E-state index in [4.69, 9.17) is 9.47 Å². The van der Waals surface area contributed by atoms with Crippen molar-refractivity contribution >= 4 is 48.6 Å². The quantitative estimate of drug-likeness (QED) is 0.221. The van der Waals surface area contributed by atoms with Crippen LogP contribution in [0.1, 0.15) is 65.9 Å². The topological polar surface area (TPSA) is 111 Å². The molecule has 3 aromatic carbocycles. The molecule has 2 fully saturated rings. The molecule has 47 heavy (non-hydrogen) atoms. The van der Waals surface area contributed by atoms with Crippen molar-refractivity contribution in [3.05, 3.63) is 70.7 Å². The molecule has 0 radical (unpaired) electrons. The highest BCUT2D eigenvalue weighted by atomic mass is 79.9. The molecule has 8 nitrogen and oxygen atoms in total. The number of rotatable bonds is 10. The van der Waals surface area contributed by atoms with Crippen LogP contribution in [0, 0.1) is 17.8 Å². The predicted molar refractivity (Wildman–Crippen MR) is 179 cm³/mol. The van der Waals surface area contributed by atoms with E-state index in [9.17, 15) is 18.0 Å². The summed E-state index contributed by atoms with van der Waals surface area (Å²) in [7, 11) is -4.59. The predicted octanol–water partition coefficient (Wildman–Crippen LogP) is 7.73. The lowest BCUT2D eigenvalue weighted by Crippen LogP contribution is -2.55. The van der Waals surface area contributed by atoms with Gasteiger partial charge in [-0.25, -0.2) is 13.2 Å². The van der Waals surface area contributed by atoms with Crippen molar-refractivity contribution in [2.75, 3.05) is 0 Å². The molecule has 254 valence electrons. The van der Waals surface area contributed by atoms with Gasteiger partial charge in [-0.3, -0.25) is 4.79 Å². The number of ether oxygens (including phenoxy) is 2. The number of benzene rings is 3. The molecule has 3 unspecified atom stereocenters. The molecule has 0 aliphatic heterocycles. The lowest BCUT2D eigenvalue weighted by atomic mass is 9.72. The minimum absolute atomic E-state index is 0.0512. The van der Waals surface area contributed by atoms with Gasteiger partial charge in [-0.2, -0.15) is 13.5 Å². The van der Waals surface area contributed by atoms with E-state index in [0.29, 0.717) is 46.7 Å². The second-order valence-corrected chi connectivity index (χ2v) is 16.5. The summed E-state index contributed by atoms with van der Waals surface area (Å²) < 4.78 is 74.3. The second kappa shape index (κ2) is 13.4. The van der Waals surface area contributed by atoms with Crippen molar-refractivity contribution in [2.24, 2.45) is 17.8 Å². The average molecular weight is 736 g/mol. The highest BCUT2D eigenvalue weighted by molar-refractivity contribution is 9.10. The number of amides is 1. The Morgan fingerprint density at radius 3 is 2.11 bits per heavy atom. The van der Waals surface area contributed by atoms with Crippen LogP contribution in [0.2, 0.25) is 0 Å². The van der Waals surface area contributed by atoms with Crippen LogP contribution in [0.25, 0.3) is 10.8 Å². The number of ketones is 1. The first-order chi connectivity index (χ1) is 21.9. The van der Waals surface area contributed by atoms with Gasteiger partial charge in [-0.15, -0.1) is 0 Å². The number of halogens is 3. The maximum atomic E-state index is 16.4. The van der Waals surface area contributed by atoms with E-state index in [0.717, 1.165) is 0 Å². The number of fused-ring (bicyclic) bond motifs is 3. The minimum atomic E-state index is -4.59. The van der Waals surface area contributed by atoms with E-state index >= 15 is 8.78 Å². The van der Waals surface area contributed by atoms with Crippen LogP contribution in [0.4, 0.5) is 13.6 Å². The van der Waals surface area contributed by atoms with Crippen LogP contribution in [-0.2, 0) is 25.5 Å². The van der Waals surface area contributed by atoms with Crippen molar-refractivity contribution in [1.29, 1.82) is 0 Å². The van der Waals surface area contributed by atoms with Crippen LogP contribution in [0.5, 0.6) is 5.75 Å². The molecule has 2 N–H and O–H groups in total. The number of nitrogens with one attached hydrogen (secondary N) is 2. The van der Waals surface area contributed by atoms with Gasteiger partial charge in [-0.05, 0) is 119 Å². The number of carbonyl (C=O) groups excluding carboxylic acids is 2. The molecule has 3 aromatic rings. The number of hydrogen-bond donors (Lipinski definition) is 2. The molecule has 2 saturated carbocycles. The van der Waals surface area contributed by atoms with E-state index < -0.39 is 50.9 Å². The molecule has 0 saturated heterocycles. The molecular weight excluding hydrogens is 694 g/mol. The van der Waals surface area contributed by atoms with Crippen molar-refractivity contribution in [3.63, 3.8) is 0 Å². The van der Waals surface area contributed by atoms with Gasteiger partial charge in [0.15, 0.2) is 5.78 Å². The van der Waals surface area contributed by atoms with Gasteiger partial charge >= 0.3 is 6.09 Å². The third-order valence-electron chi connectivity index (χ3n) is 8.76. The summed E-state index contributed by atoms with van der Waals surface area (Å²) in [4.78, 5) is 26.5. The average Bonchev–Trinajstić information content (AvgIpc) is 3.24.